The summed E-state index contributed by atoms with van der Waals surface area (Å²) in [6.45, 7) is 4.69. The van der Waals surface area contributed by atoms with Crippen LogP contribution in [0.25, 0.3) is 0 Å². The molecule has 0 amide bonds. The van der Waals surface area contributed by atoms with Crippen LogP contribution in [0.5, 0.6) is 0 Å². The molecule has 3 nitrogen and oxygen atoms in total. The van der Waals surface area contributed by atoms with Gasteiger partial charge in [-0.3, -0.25) is 0 Å². The van der Waals surface area contributed by atoms with Gasteiger partial charge < -0.3 is 9.47 Å². The van der Waals surface area contributed by atoms with Crippen LogP contribution in [-0.4, -0.2) is 24.8 Å². The topological polar surface area (TPSA) is 31.4 Å². The van der Waals surface area contributed by atoms with Gasteiger partial charge in [0.1, 0.15) is 5.15 Å². The Morgan fingerprint density at radius 1 is 1.27 bits per heavy atom. The van der Waals surface area contributed by atoms with Crippen molar-refractivity contribution in [1.82, 2.24) is 4.98 Å². The zero-order valence-electron chi connectivity index (χ0n) is 8.91. The second kappa shape index (κ2) is 7.63. The Kier molecular flexibility index (Phi) is 6.32. The quantitative estimate of drug-likeness (QED) is 0.532. The molecular formula is C11H16ClNO2. The van der Waals surface area contributed by atoms with Crippen LogP contribution in [0, 0.1) is 0 Å². The number of halogens is 1. The summed E-state index contributed by atoms with van der Waals surface area (Å²) in [6.07, 6.45) is 2.72. The molecule has 1 heterocycles. The Labute approximate surface area is 95.4 Å². The van der Waals surface area contributed by atoms with E-state index in [1.165, 1.54) is 0 Å². The summed E-state index contributed by atoms with van der Waals surface area (Å²) in [5.74, 6) is 0. The molecule has 0 bridgehead atoms. The van der Waals surface area contributed by atoms with E-state index in [9.17, 15) is 0 Å². The van der Waals surface area contributed by atoms with E-state index in [1.807, 2.05) is 6.07 Å². The van der Waals surface area contributed by atoms with Crippen molar-refractivity contribution in [2.75, 3.05) is 19.8 Å². The molecule has 0 unspecified atom stereocenters. The number of rotatable bonds is 7. The van der Waals surface area contributed by atoms with E-state index in [0.717, 1.165) is 18.6 Å². The lowest BCUT2D eigenvalue weighted by molar-refractivity contribution is 0.0408. The van der Waals surface area contributed by atoms with Gasteiger partial charge in [-0.1, -0.05) is 18.5 Å². The average molecular weight is 230 g/mol. The highest BCUT2D eigenvalue weighted by atomic mass is 35.5. The minimum atomic E-state index is 0.498. The summed E-state index contributed by atoms with van der Waals surface area (Å²) in [4.78, 5) is 3.89. The fourth-order valence-electron chi connectivity index (χ4n) is 1.09. The lowest BCUT2D eigenvalue weighted by Crippen LogP contribution is -2.04. The average Bonchev–Trinajstić information content (AvgIpc) is 2.23. The number of hydrogen-bond donors (Lipinski definition) is 0. The van der Waals surface area contributed by atoms with E-state index in [0.29, 0.717) is 25.0 Å². The molecule has 84 valence electrons. The molecule has 1 rings (SSSR count). The van der Waals surface area contributed by atoms with Gasteiger partial charge in [0, 0.05) is 12.8 Å². The summed E-state index contributed by atoms with van der Waals surface area (Å²) in [5, 5.41) is 0.498. The number of hydrogen-bond acceptors (Lipinski definition) is 3. The zero-order valence-corrected chi connectivity index (χ0v) is 9.67. The number of aromatic nitrogens is 1. The zero-order chi connectivity index (χ0) is 10.9. The van der Waals surface area contributed by atoms with Crippen LogP contribution in [0.1, 0.15) is 18.9 Å². The molecule has 0 aliphatic carbocycles. The molecule has 0 saturated heterocycles. The Balaban J connectivity index is 2.10. The Hall–Kier alpha value is -0.640. The van der Waals surface area contributed by atoms with Crippen LogP contribution in [-0.2, 0) is 16.1 Å². The van der Waals surface area contributed by atoms with Crippen molar-refractivity contribution in [3.05, 3.63) is 29.0 Å². The Bertz CT molecular complexity index is 281. The van der Waals surface area contributed by atoms with Crippen molar-refractivity contribution in [3.63, 3.8) is 0 Å². The van der Waals surface area contributed by atoms with Crippen LogP contribution in [0.2, 0.25) is 5.15 Å². The monoisotopic (exact) mass is 229 g/mol. The molecule has 0 radical (unpaired) electrons. The molecule has 0 aromatic carbocycles. The smallest absolute Gasteiger partial charge is 0.129 e. The van der Waals surface area contributed by atoms with Gasteiger partial charge in [0.25, 0.3) is 0 Å². The number of nitrogens with zero attached hydrogens (tertiary/aromatic N) is 1. The molecule has 15 heavy (non-hydrogen) atoms. The van der Waals surface area contributed by atoms with Crippen molar-refractivity contribution in [3.8, 4) is 0 Å². The van der Waals surface area contributed by atoms with Crippen LogP contribution >= 0.6 is 11.6 Å². The lowest BCUT2D eigenvalue weighted by Gasteiger charge is -2.05. The van der Waals surface area contributed by atoms with Crippen molar-refractivity contribution in [2.45, 2.75) is 20.0 Å². The minimum absolute atomic E-state index is 0.498. The molecule has 1 aromatic heterocycles. The first-order valence-corrected chi connectivity index (χ1v) is 5.46. The predicted octanol–water partition coefficient (Wildman–Crippen LogP) is 2.68. The minimum Gasteiger partial charge on any atom is -0.379 e. The van der Waals surface area contributed by atoms with Crippen LogP contribution in [0.15, 0.2) is 18.3 Å². The molecule has 0 aliphatic rings. The highest BCUT2D eigenvalue weighted by Gasteiger charge is 1.95. The molecule has 0 fully saturated rings. The number of pyridine rings is 1. The van der Waals surface area contributed by atoms with Crippen LogP contribution in [0.3, 0.4) is 0 Å². The maximum Gasteiger partial charge on any atom is 0.129 e. The standard InChI is InChI=1S/C11H16ClNO2/c1-2-5-14-6-7-15-9-10-3-4-13-11(12)8-10/h3-4,8H,2,5-7,9H2,1H3. The van der Waals surface area contributed by atoms with Crippen molar-refractivity contribution in [2.24, 2.45) is 0 Å². The van der Waals surface area contributed by atoms with Gasteiger partial charge in [-0.05, 0) is 24.1 Å². The third kappa shape index (κ3) is 5.72. The van der Waals surface area contributed by atoms with Gasteiger partial charge in [0.05, 0.1) is 19.8 Å². The van der Waals surface area contributed by atoms with E-state index in [-0.39, 0.29) is 0 Å². The summed E-state index contributed by atoms with van der Waals surface area (Å²) in [5.41, 5.74) is 1.03. The fraction of sp³-hybridized carbons (Fsp3) is 0.545. The number of ether oxygens (including phenoxy) is 2. The first-order valence-electron chi connectivity index (χ1n) is 5.09. The third-order valence-corrected chi connectivity index (χ3v) is 1.99. The third-order valence-electron chi connectivity index (χ3n) is 1.78. The maximum absolute atomic E-state index is 5.73. The Morgan fingerprint density at radius 3 is 2.80 bits per heavy atom. The van der Waals surface area contributed by atoms with E-state index < -0.39 is 0 Å². The van der Waals surface area contributed by atoms with Crippen molar-refractivity contribution >= 4 is 11.6 Å². The van der Waals surface area contributed by atoms with Crippen molar-refractivity contribution in [1.29, 1.82) is 0 Å². The molecule has 0 aliphatic heterocycles. The van der Waals surface area contributed by atoms with E-state index in [2.05, 4.69) is 11.9 Å². The Morgan fingerprint density at radius 2 is 2.07 bits per heavy atom. The maximum atomic E-state index is 5.73. The summed E-state index contributed by atoms with van der Waals surface area (Å²) < 4.78 is 10.7. The molecule has 0 N–H and O–H groups in total. The summed E-state index contributed by atoms with van der Waals surface area (Å²) >= 11 is 5.73. The molecular weight excluding hydrogens is 214 g/mol. The fourth-order valence-corrected chi connectivity index (χ4v) is 1.28. The van der Waals surface area contributed by atoms with Gasteiger partial charge in [-0.2, -0.15) is 0 Å². The van der Waals surface area contributed by atoms with Gasteiger partial charge in [0.15, 0.2) is 0 Å². The van der Waals surface area contributed by atoms with Gasteiger partial charge in [-0.25, -0.2) is 4.98 Å². The predicted molar refractivity (Wildman–Crippen MR) is 60.0 cm³/mol. The van der Waals surface area contributed by atoms with E-state index >= 15 is 0 Å². The molecule has 0 atom stereocenters. The second-order valence-electron chi connectivity index (χ2n) is 3.15. The van der Waals surface area contributed by atoms with Gasteiger partial charge in [-0.15, -0.1) is 0 Å². The second-order valence-corrected chi connectivity index (χ2v) is 3.54. The lowest BCUT2D eigenvalue weighted by atomic mass is 10.3. The van der Waals surface area contributed by atoms with E-state index in [1.54, 1.807) is 12.3 Å². The largest absolute Gasteiger partial charge is 0.379 e. The van der Waals surface area contributed by atoms with E-state index in [4.69, 9.17) is 21.1 Å². The van der Waals surface area contributed by atoms with Gasteiger partial charge >= 0.3 is 0 Å². The molecule has 1 aromatic rings. The van der Waals surface area contributed by atoms with Gasteiger partial charge in [0.2, 0.25) is 0 Å². The summed E-state index contributed by atoms with van der Waals surface area (Å²) in [7, 11) is 0. The normalized spacial score (nSPS) is 10.5. The molecule has 4 heteroatoms. The van der Waals surface area contributed by atoms with Crippen molar-refractivity contribution < 1.29 is 9.47 Å². The highest BCUT2D eigenvalue weighted by molar-refractivity contribution is 6.29. The summed E-state index contributed by atoms with van der Waals surface area (Å²) in [6, 6.07) is 3.69. The first-order chi connectivity index (χ1) is 7.33. The first kappa shape index (κ1) is 12.4. The van der Waals surface area contributed by atoms with Crippen LogP contribution < -0.4 is 0 Å². The molecule has 0 saturated carbocycles. The highest BCUT2D eigenvalue weighted by Crippen LogP contribution is 2.07. The van der Waals surface area contributed by atoms with Crippen LogP contribution in [0.4, 0.5) is 0 Å². The SMILES string of the molecule is CCCOCCOCc1ccnc(Cl)c1. The molecule has 0 spiro atoms.